The number of hydrogen-bond donors (Lipinski definition) is 1. The molecule has 26 heavy (non-hydrogen) atoms. The van der Waals surface area contributed by atoms with Gasteiger partial charge in [0.25, 0.3) is 6.43 Å². The first-order chi connectivity index (χ1) is 12.3. The lowest BCUT2D eigenvalue weighted by atomic mass is 10.2. The molecule has 1 aromatic carbocycles. The summed E-state index contributed by atoms with van der Waals surface area (Å²) in [6, 6.07) is 5.05. The topological polar surface area (TPSA) is 85.8 Å². The molecule has 0 saturated heterocycles. The van der Waals surface area contributed by atoms with E-state index in [1.165, 1.54) is 30.5 Å². The Morgan fingerprint density at radius 1 is 1.23 bits per heavy atom. The van der Waals surface area contributed by atoms with Gasteiger partial charge in [0.2, 0.25) is 0 Å². The number of rotatable bonds is 6. The SMILES string of the molecule is NN=C(C=Nc1cccc(C(F)F)c1)COc1ncc(C(F)(F)F)cn1. The van der Waals surface area contributed by atoms with E-state index in [-0.39, 0.29) is 29.6 Å². The van der Waals surface area contributed by atoms with Crippen LogP contribution in [0.3, 0.4) is 0 Å². The third-order valence-electron chi connectivity index (χ3n) is 2.96. The van der Waals surface area contributed by atoms with Gasteiger partial charge < -0.3 is 10.6 Å². The number of hydrazone groups is 1. The molecule has 0 radical (unpaired) electrons. The minimum Gasteiger partial charge on any atom is -0.457 e. The minimum absolute atomic E-state index is 0.0935. The van der Waals surface area contributed by atoms with Crippen LogP contribution < -0.4 is 10.6 Å². The zero-order chi connectivity index (χ0) is 19.2. The fourth-order valence-electron chi connectivity index (χ4n) is 1.67. The molecule has 0 fully saturated rings. The number of alkyl halides is 5. The van der Waals surface area contributed by atoms with Gasteiger partial charge in [-0.05, 0) is 12.1 Å². The molecule has 2 aromatic rings. The maximum atomic E-state index is 12.6. The van der Waals surface area contributed by atoms with Crippen molar-refractivity contribution in [1.82, 2.24) is 9.97 Å². The fourth-order valence-corrected chi connectivity index (χ4v) is 1.67. The molecule has 2 N–H and O–H groups in total. The Hall–Kier alpha value is -3.11. The molecule has 0 unspecified atom stereocenters. The zero-order valence-electron chi connectivity index (χ0n) is 13.0. The Bertz CT molecular complexity index is 790. The predicted octanol–water partition coefficient (Wildman–Crippen LogP) is 3.53. The van der Waals surface area contributed by atoms with Gasteiger partial charge in [-0.3, -0.25) is 4.99 Å². The second kappa shape index (κ2) is 8.32. The first kappa shape index (κ1) is 19.2. The second-order valence-electron chi connectivity index (χ2n) is 4.82. The first-order valence-electron chi connectivity index (χ1n) is 7.00. The van der Waals surface area contributed by atoms with Gasteiger partial charge in [0, 0.05) is 18.0 Å². The number of aliphatic imine (C=N–C) groups is 1. The largest absolute Gasteiger partial charge is 0.457 e. The molecule has 0 amide bonds. The molecule has 0 saturated carbocycles. The summed E-state index contributed by atoms with van der Waals surface area (Å²) in [5.74, 6) is 5.17. The average Bonchev–Trinajstić information content (AvgIpc) is 2.61. The van der Waals surface area contributed by atoms with Gasteiger partial charge in [0.15, 0.2) is 0 Å². The van der Waals surface area contributed by atoms with Crippen LogP contribution in [0.25, 0.3) is 0 Å². The molecule has 0 atom stereocenters. The monoisotopic (exact) mass is 373 g/mol. The Kier molecular flexibility index (Phi) is 6.15. The summed E-state index contributed by atoms with van der Waals surface area (Å²) in [6.45, 7) is -0.278. The van der Waals surface area contributed by atoms with E-state index in [1.807, 2.05) is 0 Å². The van der Waals surface area contributed by atoms with Crippen molar-refractivity contribution in [3.8, 4) is 6.01 Å². The van der Waals surface area contributed by atoms with Crippen molar-refractivity contribution in [1.29, 1.82) is 0 Å². The maximum absolute atomic E-state index is 12.6. The summed E-state index contributed by atoms with van der Waals surface area (Å²) in [7, 11) is 0. The van der Waals surface area contributed by atoms with E-state index in [2.05, 4.69) is 20.1 Å². The minimum atomic E-state index is -4.55. The van der Waals surface area contributed by atoms with Crippen LogP contribution in [0.4, 0.5) is 27.6 Å². The van der Waals surface area contributed by atoms with Crippen molar-refractivity contribution in [2.45, 2.75) is 12.6 Å². The van der Waals surface area contributed by atoms with Gasteiger partial charge in [0.1, 0.15) is 12.3 Å². The van der Waals surface area contributed by atoms with E-state index in [0.29, 0.717) is 12.4 Å². The number of benzene rings is 1. The number of ether oxygens (including phenoxy) is 1. The quantitative estimate of drug-likeness (QED) is 0.363. The van der Waals surface area contributed by atoms with Crippen LogP contribution in [0.5, 0.6) is 6.01 Å². The van der Waals surface area contributed by atoms with Crippen LogP contribution in [0.15, 0.2) is 46.8 Å². The molecule has 1 aromatic heterocycles. The van der Waals surface area contributed by atoms with Crippen LogP contribution in [0.2, 0.25) is 0 Å². The highest BCUT2D eigenvalue weighted by atomic mass is 19.4. The molecule has 0 bridgehead atoms. The van der Waals surface area contributed by atoms with Crippen LogP contribution in [0, 0.1) is 0 Å². The van der Waals surface area contributed by atoms with E-state index < -0.39 is 18.2 Å². The average molecular weight is 373 g/mol. The van der Waals surface area contributed by atoms with E-state index in [4.69, 9.17) is 10.6 Å². The highest BCUT2D eigenvalue weighted by Crippen LogP contribution is 2.28. The summed E-state index contributed by atoms with van der Waals surface area (Å²) in [5.41, 5.74) is -0.871. The highest BCUT2D eigenvalue weighted by Gasteiger charge is 2.31. The predicted molar refractivity (Wildman–Crippen MR) is 83.7 cm³/mol. The Morgan fingerprint density at radius 3 is 2.50 bits per heavy atom. The molecule has 0 spiro atoms. The summed E-state index contributed by atoms with van der Waals surface area (Å²) >= 11 is 0. The van der Waals surface area contributed by atoms with Crippen molar-refractivity contribution in [2.75, 3.05) is 6.61 Å². The number of hydrogen-bond acceptors (Lipinski definition) is 6. The van der Waals surface area contributed by atoms with Gasteiger partial charge in [-0.15, -0.1) is 0 Å². The van der Waals surface area contributed by atoms with Crippen LogP contribution in [-0.2, 0) is 6.18 Å². The first-order valence-corrected chi connectivity index (χ1v) is 7.00. The molecule has 0 aliphatic heterocycles. The smallest absolute Gasteiger partial charge is 0.419 e. The molecule has 138 valence electrons. The Balaban J connectivity index is 1.98. The maximum Gasteiger partial charge on any atom is 0.419 e. The lowest BCUT2D eigenvalue weighted by Gasteiger charge is -2.07. The van der Waals surface area contributed by atoms with Crippen LogP contribution in [-0.4, -0.2) is 28.5 Å². The highest BCUT2D eigenvalue weighted by molar-refractivity contribution is 6.31. The molecule has 0 aliphatic carbocycles. The van der Waals surface area contributed by atoms with Gasteiger partial charge in [-0.25, -0.2) is 18.7 Å². The fraction of sp³-hybridized carbons (Fsp3) is 0.200. The van der Waals surface area contributed by atoms with Crippen molar-refractivity contribution in [3.63, 3.8) is 0 Å². The molecular weight excluding hydrogens is 361 g/mol. The Labute approximate surface area is 144 Å². The molecule has 0 aliphatic rings. The van der Waals surface area contributed by atoms with E-state index in [0.717, 1.165) is 0 Å². The van der Waals surface area contributed by atoms with Gasteiger partial charge in [-0.2, -0.15) is 18.3 Å². The molecular formula is C15H12F5N5O. The Morgan fingerprint density at radius 2 is 1.92 bits per heavy atom. The summed E-state index contributed by atoms with van der Waals surface area (Å²) in [5, 5.41) is 3.39. The van der Waals surface area contributed by atoms with Gasteiger partial charge in [-0.1, -0.05) is 12.1 Å². The third kappa shape index (κ3) is 5.46. The van der Waals surface area contributed by atoms with Crippen molar-refractivity contribution in [3.05, 3.63) is 47.8 Å². The number of nitrogens with zero attached hydrogens (tertiary/aromatic N) is 4. The summed E-state index contributed by atoms with van der Waals surface area (Å²) in [6.07, 6.45) is -4.86. The number of halogens is 5. The molecule has 6 nitrogen and oxygen atoms in total. The normalized spacial score (nSPS) is 12.8. The second-order valence-corrected chi connectivity index (χ2v) is 4.82. The lowest BCUT2D eigenvalue weighted by Crippen LogP contribution is -2.16. The van der Waals surface area contributed by atoms with Crippen molar-refractivity contribution >= 4 is 17.6 Å². The lowest BCUT2D eigenvalue weighted by molar-refractivity contribution is -0.138. The number of aromatic nitrogens is 2. The molecule has 2 rings (SSSR count). The number of nitrogens with two attached hydrogens (primary N) is 1. The summed E-state index contributed by atoms with van der Waals surface area (Å²) < 4.78 is 67.5. The van der Waals surface area contributed by atoms with Crippen molar-refractivity contribution < 1.29 is 26.7 Å². The van der Waals surface area contributed by atoms with Crippen LogP contribution >= 0.6 is 0 Å². The summed E-state index contributed by atoms with van der Waals surface area (Å²) in [4.78, 5) is 10.8. The molecule has 1 heterocycles. The van der Waals surface area contributed by atoms with Crippen molar-refractivity contribution in [2.24, 2.45) is 15.9 Å². The molecule has 11 heteroatoms. The van der Waals surface area contributed by atoms with E-state index >= 15 is 0 Å². The van der Waals surface area contributed by atoms with Crippen LogP contribution in [0.1, 0.15) is 17.6 Å². The van der Waals surface area contributed by atoms with Gasteiger partial charge in [0.05, 0.1) is 17.5 Å². The van der Waals surface area contributed by atoms with E-state index in [9.17, 15) is 22.0 Å². The van der Waals surface area contributed by atoms with Gasteiger partial charge >= 0.3 is 12.2 Å². The van der Waals surface area contributed by atoms with E-state index in [1.54, 1.807) is 0 Å². The standard InChI is InChI=1S/C15H12F5N5O/c16-13(17)9-2-1-3-11(4-9)22-7-12(25-21)8-26-14-23-5-10(6-24-14)15(18,19)20/h1-7,13H,8,21H2. The zero-order valence-corrected chi connectivity index (χ0v) is 13.0. The third-order valence-corrected chi connectivity index (χ3v) is 2.96.